The number of nitrogens with zero attached hydrogens (tertiary/aromatic N) is 6. The van der Waals surface area contributed by atoms with Gasteiger partial charge in [-0.3, -0.25) is 0 Å². The Morgan fingerprint density at radius 3 is 1.32 bits per heavy atom. The smallest absolute Gasteiger partial charge is 0.337 e. The van der Waals surface area contributed by atoms with Crippen molar-refractivity contribution in [1.29, 1.82) is 0 Å². The third kappa shape index (κ3) is 17.0. The first kappa shape index (κ1) is 77.0. The number of aryl methyl sites for hydroxylation is 2. The molecule has 12 atom stereocenters. The minimum absolute atomic E-state index is 0.125. The molecule has 104 heavy (non-hydrogen) atoms. The van der Waals surface area contributed by atoms with Gasteiger partial charge >= 0.3 is 11.9 Å². The molecule has 4 saturated carbocycles. The average molecular weight is 1530 g/mol. The van der Waals surface area contributed by atoms with Crippen LogP contribution in [0.1, 0.15) is 187 Å². The Labute approximate surface area is 640 Å². The van der Waals surface area contributed by atoms with E-state index in [4.69, 9.17) is 51.0 Å². The van der Waals surface area contributed by atoms with Crippen LogP contribution in [-0.4, -0.2) is 125 Å². The number of halogens is 2. The van der Waals surface area contributed by atoms with Crippen molar-refractivity contribution in [3.8, 4) is 11.5 Å². The van der Waals surface area contributed by atoms with E-state index < -0.39 is 16.6 Å². The van der Waals surface area contributed by atoms with Gasteiger partial charge in [0.05, 0.1) is 62.1 Å². The molecule has 0 bridgehead atoms. The summed E-state index contributed by atoms with van der Waals surface area (Å²) in [7, 11) is -1.24. The third-order valence-corrected chi connectivity index (χ3v) is 37.8. The highest BCUT2D eigenvalue weighted by Crippen LogP contribution is 2.55. The van der Waals surface area contributed by atoms with Crippen molar-refractivity contribution in [3.05, 3.63) is 153 Å². The Hall–Kier alpha value is -5.19. The highest BCUT2D eigenvalue weighted by Gasteiger charge is 2.53. The lowest BCUT2D eigenvalue weighted by Crippen LogP contribution is -2.54. The van der Waals surface area contributed by atoms with Gasteiger partial charge in [-0.25, -0.2) is 29.5 Å². The van der Waals surface area contributed by atoms with E-state index in [0.29, 0.717) is 70.3 Å². The molecular weight excluding hydrogens is 1410 g/mol. The van der Waals surface area contributed by atoms with Crippen molar-refractivity contribution in [3.63, 3.8) is 0 Å². The molecule has 2 spiro atoms. The number of methoxy groups -OCH3 is 2. The van der Waals surface area contributed by atoms with E-state index in [1.165, 1.54) is 101 Å². The standard InChI is InChI=1S/2C42H56ClN3O4SSi/c2*1-41(2,3)52(5,6)50-38(29-10-7-12-33(23-29)51-40-44-20-9-21-45-40)34-16-13-31(34)25-46-26-42(19-8-11-28-22-32(43)15-17-35(28)42)27-49-37-18-14-30(24-36(37)46)39(47)48-4/h2*9,14-15,17-18,20-22,24,29,31,33-34,38H,7-8,10-13,16,19,23,25-27H2,1-6H3/t29-,31+,33+,34-,38-,42+;29-,31+,33-,34-,38-,42+/m11/s1. The first-order chi connectivity index (χ1) is 49.7. The number of anilines is 2. The Morgan fingerprint density at radius 2 is 0.952 bits per heavy atom. The van der Waals surface area contributed by atoms with E-state index in [1.807, 2.05) is 109 Å². The van der Waals surface area contributed by atoms with Gasteiger partial charge in [-0.1, -0.05) is 113 Å². The summed E-state index contributed by atoms with van der Waals surface area (Å²) in [6.07, 6.45) is 28.4. The number of rotatable bonds is 18. The number of fused-ring (bicyclic) bond motifs is 6. The van der Waals surface area contributed by atoms with E-state index in [1.54, 1.807) is 0 Å². The van der Waals surface area contributed by atoms with Crippen molar-refractivity contribution >= 4 is 86.7 Å². The molecule has 4 heterocycles. The maximum Gasteiger partial charge on any atom is 0.337 e. The second-order valence-corrected chi connectivity index (χ2v) is 47.6. The van der Waals surface area contributed by atoms with E-state index in [2.05, 4.69) is 122 Å². The highest BCUT2D eigenvalue weighted by molar-refractivity contribution is 8.00. The third-order valence-electron chi connectivity index (χ3n) is 26.0. The maximum atomic E-state index is 12.8. The largest absolute Gasteiger partial charge is 0.490 e. The van der Waals surface area contributed by atoms with Gasteiger partial charge in [-0.05, 0) is 270 Å². The van der Waals surface area contributed by atoms with Crippen LogP contribution in [0, 0.1) is 35.5 Å². The number of thioether (sulfide) groups is 2. The number of carbonyl (C=O) groups excluding carboxylic acids is 2. The van der Waals surface area contributed by atoms with Gasteiger partial charge in [0.2, 0.25) is 0 Å². The number of benzene rings is 4. The van der Waals surface area contributed by atoms with Gasteiger partial charge in [0.25, 0.3) is 0 Å². The van der Waals surface area contributed by atoms with Crippen LogP contribution in [0.5, 0.6) is 11.5 Å². The fourth-order valence-electron chi connectivity index (χ4n) is 18.1. The number of carbonyl (C=O) groups is 2. The summed E-state index contributed by atoms with van der Waals surface area (Å²) < 4.78 is 39.0. The molecule has 4 aromatic carbocycles. The zero-order valence-electron chi connectivity index (χ0n) is 63.7. The Morgan fingerprint density at radius 1 is 0.548 bits per heavy atom. The number of ether oxygens (including phenoxy) is 4. The molecule has 0 amide bonds. The van der Waals surface area contributed by atoms with Crippen LogP contribution in [0.3, 0.4) is 0 Å². The van der Waals surface area contributed by atoms with Crippen LogP contribution in [0.4, 0.5) is 11.4 Å². The van der Waals surface area contributed by atoms with Gasteiger partial charge in [-0.2, -0.15) is 0 Å². The second-order valence-electron chi connectivity index (χ2n) is 34.6. The van der Waals surface area contributed by atoms with Crippen LogP contribution in [0.25, 0.3) is 0 Å². The van der Waals surface area contributed by atoms with Crippen LogP contribution >= 0.6 is 46.7 Å². The molecule has 0 N–H and O–H groups in total. The average Bonchev–Trinajstić information content (AvgIpc) is 1.50. The van der Waals surface area contributed by atoms with Gasteiger partial charge in [-0.15, -0.1) is 0 Å². The maximum absolute atomic E-state index is 12.8. The molecule has 8 aliphatic rings. The molecule has 0 unspecified atom stereocenters. The number of esters is 2. The summed E-state index contributed by atoms with van der Waals surface area (Å²) in [5.74, 6) is 3.92. The normalized spacial score (nSPS) is 26.7. The first-order valence-corrected chi connectivity index (χ1v) is 47.1. The zero-order chi connectivity index (χ0) is 73.3. The van der Waals surface area contributed by atoms with Crippen molar-refractivity contribution < 1.29 is 37.4 Å². The van der Waals surface area contributed by atoms with Crippen molar-refractivity contribution in [2.24, 2.45) is 35.5 Å². The molecule has 2 aliphatic heterocycles. The number of aromatic nitrogens is 4. The fraction of sp³-hybridized carbons (Fsp3) is 0.595. The summed E-state index contributed by atoms with van der Waals surface area (Å²) >= 11 is 16.7. The molecule has 0 saturated heterocycles. The Kier molecular flexibility index (Phi) is 23.8. The zero-order valence-corrected chi connectivity index (χ0v) is 68.8. The van der Waals surface area contributed by atoms with E-state index >= 15 is 0 Å². The van der Waals surface area contributed by atoms with Crippen LogP contribution in [0.2, 0.25) is 46.3 Å². The van der Waals surface area contributed by atoms with Gasteiger partial charge in [0, 0.05) is 82.3 Å². The molecule has 0 radical (unpaired) electrons. The van der Waals surface area contributed by atoms with E-state index in [-0.39, 0.29) is 45.1 Å². The van der Waals surface area contributed by atoms with Crippen LogP contribution in [-0.2, 0) is 42.0 Å². The summed E-state index contributed by atoms with van der Waals surface area (Å²) in [6, 6.07) is 28.2. The fourth-order valence-corrected chi connectivity index (χ4v) is 23.6. The summed E-state index contributed by atoms with van der Waals surface area (Å²) in [5, 5.41) is 4.58. The highest BCUT2D eigenvalue weighted by atomic mass is 35.5. The molecule has 14 nitrogen and oxygen atoms in total. The minimum atomic E-state index is -2.07. The van der Waals surface area contributed by atoms with E-state index in [0.717, 1.165) is 121 Å². The van der Waals surface area contributed by atoms with Crippen molar-refractivity contribution in [1.82, 2.24) is 19.9 Å². The predicted octanol–water partition coefficient (Wildman–Crippen LogP) is 20.3. The first-order valence-electron chi connectivity index (χ1n) is 38.7. The summed E-state index contributed by atoms with van der Waals surface area (Å²) in [6.45, 7) is 28.5. The van der Waals surface area contributed by atoms with Gasteiger partial charge < -0.3 is 37.6 Å². The lowest BCUT2D eigenvalue weighted by Gasteiger charge is -2.52. The Balaban J connectivity index is 0.000000185. The van der Waals surface area contributed by atoms with Gasteiger partial charge in [0.15, 0.2) is 26.9 Å². The quantitative estimate of drug-likeness (QED) is 0.0456. The number of hydrogen-bond donors (Lipinski definition) is 0. The molecule has 6 aromatic rings. The number of hydrogen-bond acceptors (Lipinski definition) is 16. The predicted molar refractivity (Wildman–Crippen MR) is 427 cm³/mol. The molecule has 2 aromatic heterocycles. The molecule has 4 fully saturated rings. The second kappa shape index (κ2) is 32.2. The topological polar surface area (TPSA) is 148 Å². The van der Waals surface area contributed by atoms with Crippen LogP contribution in [0.15, 0.2) is 120 Å². The van der Waals surface area contributed by atoms with Crippen molar-refractivity contribution in [2.75, 3.05) is 63.4 Å². The monoisotopic (exact) mass is 1520 g/mol. The van der Waals surface area contributed by atoms with E-state index in [9.17, 15) is 9.59 Å². The van der Waals surface area contributed by atoms with Gasteiger partial charge in [0.1, 0.15) is 11.5 Å². The summed E-state index contributed by atoms with van der Waals surface area (Å²) in [5.41, 5.74) is 8.11. The molecule has 14 rings (SSSR count). The minimum Gasteiger partial charge on any atom is -0.490 e. The molecule has 560 valence electrons. The SMILES string of the molecule is COC(=O)c1ccc2c(c1)N(C[C@@H]1CC[C@H]1[C@H](O[Si](C)(C)C(C)(C)C)[C@@H]1CCC[C@@H](Sc3ncccn3)C1)C[C@@]1(CCCc3cc(Cl)ccc31)CO2.COC(=O)c1ccc2c(c1)N(C[C@@H]1CC[C@H]1[C@H](O[Si](C)(C)C(C)(C)C)[C@@H]1CCC[C@H](Sc3ncccn3)C1)C[C@@]1(CCCc3cc(Cl)ccc31)CO2. The summed E-state index contributed by atoms with van der Waals surface area (Å²) in [4.78, 5) is 49.0. The molecular formula is C84H112Cl2N6O8S2Si2. The molecule has 6 aliphatic carbocycles. The molecule has 20 heteroatoms. The van der Waals surface area contributed by atoms with Crippen molar-refractivity contribution in [2.45, 2.75) is 237 Å². The van der Waals surface area contributed by atoms with Crippen LogP contribution < -0.4 is 19.3 Å². The Bertz CT molecular complexity index is 3730. The lowest BCUT2D eigenvalue weighted by molar-refractivity contribution is -0.0225. The lowest BCUT2D eigenvalue weighted by atomic mass is 9.65.